The number of aryl methyl sites for hydroxylation is 3. The Morgan fingerprint density at radius 3 is 2.43 bits per heavy atom. The number of fused-ring (bicyclic) bond motifs is 1. The standard InChI is InChI=1S/C23H27N3O3S/c1-18-7-8-22(19(2)17-18)30(28,29)26-15-13-25(14-16-26)23(27)10-12-24-11-9-20-5-3-4-6-21(20)24/h3-9,11,17H,10,12-16H2,1-2H3. The summed E-state index contributed by atoms with van der Waals surface area (Å²) in [5.74, 6) is 0.0661. The summed E-state index contributed by atoms with van der Waals surface area (Å²) < 4.78 is 29.6. The van der Waals surface area contributed by atoms with Crippen LogP contribution in [0.3, 0.4) is 0 Å². The number of benzene rings is 2. The molecule has 3 aromatic rings. The van der Waals surface area contributed by atoms with Gasteiger partial charge in [-0.15, -0.1) is 0 Å². The highest BCUT2D eigenvalue weighted by Gasteiger charge is 2.30. The molecule has 6 nitrogen and oxygen atoms in total. The number of aromatic nitrogens is 1. The van der Waals surface area contributed by atoms with Crippen LogP contribution in [-0.2, 0) is 21.4 Å². The quantitative estimate of drug-likeness (QED) is 0.631. The van der Waals surface area contributed by atoms with Gasteiger partial charge < -0.3 is 9.47 Å². The van der Waals surface area contributed by atoms with E-state index in [1.165, 1.54) is 4.31 Å². The Bertz CT molecular complexity index is 1180. The molecule has 0 radical (unpaired) electrons. The molecule has 1 aliphatic rings. The Hall–Kier alpha value is -2.64. The van der Waals surface area contributed by atoms with Crippen LogP contribution in [0.25, 0.3) is 10.9 Å². The molecule has 0 saturated carbocycles. The zero-order chi connectivity index (χ0) is 21.3. The van der Waals surface area contributed by atoms with Crippen LogP contribution in [0.2, 0.25) is 0 Å². The van der Waals surface area contributed by atoms with Gasteiger partial charge in [-0.2, -0.15) is 4.31 Å². The fourth-order valence-corrected chi connectivity index (χ4v) is 5.74. The summed E-state index contributed by atoms with van der Waals surface area (Å²) in [4.78, 5) is 14.8. The average molecular weight is 426 g/mol. The maximum absolute atomic E-state index is 13.0. The number of nitrogens with zero attached hydrogens (tertiary/aromatic N) is 3. The molecule has 0 spiro atoms. The first-order valence-electron chi connectivity index (χ1n) is 10.3. The fourth-order valence-electron chi connectivity index (χ4n) is 4.12. The second-order valence-corrected chi connectivity index (χ2v) is 9.78. The molecule has 1 aromatic heterocycles. The SMILES string of the molecule is Cc1ccc(S(=O)(=O)N2CCN(C(=O)CCn3ccc4ccccc43)CC2)c(C)c1. The highest BCUT2D eigenvalue weighted by Crippen LogP contribution is 2.22. The van der Waals surface area contributed by atoms with Gasteiger partial charge in [0.1, 0.15) is 0 Å². The first kappa shape index (κ1) is 20.6. The summed E-state index contributed by atoms with van der Waals surface area (Å²) in [6.45, 7) is 5.90. The zero-order valence-corrected chi connectivity index (χ0v) is 18.2. The van der Waals surface area contributed by atoms with Gasteiger partial charge in [0.15, 0.2) is 0 Å². The Balaban J connectivity index is 1.36. The van der Waals surface area contributed by atoms with Gasteiger partial charge in [-0.3, -0.25) is 4.79 Å². The smallest absolute Gasteiger partial charge is 0.243 e. The van der Waals surface area contributed by atoms with Gasteiger partial charge in [0.2, 0.25) is 15.9 Å². The van der Waals surface area contributed by atoms with Crippen LogP contribution in [0.1, 0.15) is 17.5 Å². The van der Waals surface area contributed by atoms with Crippen LogP contribution in [0.5, 0.6) is 0 Å². The van der Waals surface area contributed by atoms with E-state index < -0.39 is 10.0 Å². The van der Waals surface area contributed by atoms with Gasteiger partial charge >= 0.3 is 0 Å². The van der Waals surface area contributed by atoms with Crippen LogP contribution >= 0.6 is 0 Å². The molecule has 0 atom stereocenters. The largest absolute Gasteiger partial charge is 0.347 e. The molecule has 0 bridgehead atoms. The Labute approximate surface area is 177 Å². The van der Waals surface area contributed by atoms with E-state index >= 15 is 0 Å². The number of para-hydroxylation sites is 1. The number of carbonyl (C=O) groups excluding carboxylic acids is 1. The van der Waals surface area contributed by atoms with E-state index in [1.54, 1.807) is 11.0 Å². The van der Waals surface area contributed by atoms with E-state index in [0.29, 0.717) is 44.0 Å². The number of carbonyl (C=O) groups is 1. The van der Waals surface area contributed by atoms with Crippen molar-refractivity contribution in [3.63, 3.8) is 0 Å². The lowest BCUT2D eigenvalue weighted by Crippen LogP contribution is -2.50. The van der Waals surface area contributed by atoms with Gasteiger partial charge in [-0.05, 0) is 43.0 Å². The van der Waals surface area contributed by atoms with E-state index in [2.05, 4.69) is 22.8 Å². The van der Waals surface area contributed by atoms with E-state index in [1.807, 2.05) is 44.3 Å². The van der Waals surface area contributed by atoms with Crippen molar-refractivity contribution >= 4 is 26.8 Å². The molecule has 0 unspecified atom stereocenters. The molecule has 2 aromatic carbocycles. The number of amides is 1. The van der Waals surface area contributed by atoms with Gasteiger partial charge in [0, 0.05) is 50.9 Å². The van der Waals surface area contributed by atoms with Crippen LogP contribution in [0.15, 0.2) is 59.6 Å². The summed E-state index contributed by atoms with van der Waals surface area (Å²) in [5.41, 5.74) is 2.92. The van der Waals surface area contributed by atoms with Crippen molar-refractivity contribution in [3.05, 3.63) is 65.9 Å². The molecule has 1 amide bonds. The van der Waals surface area contributed by atoms with E-state index in [0.717, 1.165) is 22.0 Å². The van der Waals surface area contributed by atoms with Gasteiger partial charge in [-0.1, -0.05) is 35.9 Å². The summed E-state index contributed by atoms with van der Waals surface area (Å²) in [5, 5.41) is 1.16. The lowest BCUT2D eigenvalue weighted by Gasteiger charge is -2.34. The maximum atomic E-state index is 13.0. The Kier molecular flexibility index (Phi) is 5.66. The Morgan fingerprint density at radius 1 is 0.967 bits per heavy atom. The molecule has 30 heavy (non-hydrogen) atoms. The van der Waals surface area contributed by atoms with Crippen molar-refractivity contribution in [2.45, 2.75) is 31.7 Å². The normalized spacial score (nSPS) is 15.6. The Morgan fingerprint density at radius 2 is 1.70 bits per heavy atom. The van der Waals surface area contributed by atoms with Crippen LogP contribution in [0.4, 0.5) is 0 Å². The van der Waals surface area contributed by atoms with Crippen molar-refractivity contribution < 1.29 is 13.2 Å². The van der Waals surface area contributed by atoms with E-state index in [9.17, 15) is 13.2 Å². The molecular formula is C23H27N3O3S. The third-order valence-corrected chi connectivity index (χ3v) is 7.85. The third kappa shape index (κ3) is 4.00. The number of sulfonamides is 1. The van der Waals surface area contributed by atoms with Crippen molar-refractivity contribution in [1.29, 1.82) is 0 Å². The lowest BCUT2D eigenvalue weighted by molar-refractivity contribution is -0.132. The summed E-state index contributed by atoms with van der Waals surface area (Å²) in [6, 6.07) is 15.6. The number of hydrogen-bond donors (Lipinski definition) is 0. The fraction of sp³-hybridized carbons (Fsp3) is 0.348. The van der Waals surface area contributed by atoms with Gasteiger partial charge in [0.25, 0.3) is 0 Å². The first-order valence-corrected chi connectivity index (χ1v) is 11.7. The summed E-state index contributed by atoms with van der Waals surface area (Å²) >= 11 is 0. The van der Waals surface area contributed by atoms with Crippen molar-refractivity contribution in [2.75, 3.05) is 26.2 Å². The van der Waals surface area contributed by atoms with Crippen molar-refractivity contribution in [3.8, 4) is 0 Å². The molecular weight excluding hydrogens is 398 g/mol. The minimum absolute atomic E-state index is 0.0661. The summed E-state index contributed by atoms with van der Waals surface area (Å²) in [6.07, 6.45) is 2.41. The van der Waals surface area contributed by atoms with Crippen LogP contribution in [-0.4, -0.2) is 54.3 Å². The van der Waals surface area contributed by atoms with E-state index in [4.69, 9.17) is 0 Å². The summed E-state index contributed by atoms with van der Waals surface area (Å²) in [7, 11) is -3.54. The molecule has 7 heteroatoms. The molecule has 1 fully saturated rings. The van der Waals surface area contributed by atoms with Crippen LogP contribution in [0, 0.1) is 13.8 Å². The van der Waals surface area contributed by atoms with Gasteiger partial charge in [-0.25, -0.2) is 8.42 Å². The molecule has 1 aliphatic heterocycles. The van der Waals surface area contributed by atoms with Crippen molar-refractivity contribution in [1.82, 2.24) is 13.8 Å². The first-order chi connectivity index (χ1) is 14.4. The predicted molar refractivity (Wildman–Crippen MR) is 118 cm³/mol. The lowest BCUT2D eigenvalue weighted by atomic mass is 10.2. The minimum Gasteiger partial charge on any atom is -0.347 e. The minimum atomic E-state index is -3.54. The number of rotatable bonds is 5. The molecule has 0 N–H and O–H groups in total. The van der Waals surface area contributed by atoms with E-state index in [-0.39, 0.29) is 5.91 Å². The average Bonchev–Trinajstić information content (AvgIpc) is 3.15. The third-order valence-electron chi connectivity index (χ3n) is 5.79. The molecule has 1 saturated heterocycles. The zero-order valence-electron chi connectivity index (χ0n) is 17.4. The maximum Gasteiger partial charge on any atom is 0.243 e. The monoisotopic (exact) mass is 425 g/mol. The second kappa shape index (κ2) is 8.24. The molecule has 158 valence electrons. The van der Waals surface area contributed by atoms with Crippen LogP contribution < -0.4 is 0 Å². The van der Waals surface area contributed by atoms with Crippen molar-refractivity contribution in [2.24, 2.45) is 0 Å². The molecule has 0 aliphatic carbocycles. The highest BCUT2D eigenvalue weighted by molar-refractivity contribution is 7.89. The number of piperazine rings is 1. The predicted octanol–water partition coefficient (Wildman–Crippen LogP) is 3.18. The highest BCUT2D eigenvalue weighted by atomic mass is 32.2. The van der Waals surface area contributed by atoms with Gasteiger partial charge in [0.05, 0.1) is 4.90 Å². The second-order valence-electron chi connectivity index (χ2n) is 7.87. The number of hydrogen-bond acceptors (Lipinski definition) is 3. The topological polar surface area (TPSA) is 62.6 Å². The molecule has 4 rings (SSSR count). The molecule has 2 heterocycles.